The maximum atomic E-state index is 13.8. The molecule has 1 aromatic heterocycles. The van der Waals surface area contributed by atoms with E-state index in [1.54, 1.807) is 40.0 Å². The van der Waals surface area contributed by atoms with Gasteiger partial charge in [-0.25, -0.2) is 14.2 Å². The SMILES string of the molecule is CCOC(=O)C1CN(c2nccc3ccc(F)cc23)CCC1NC(=O)OC(C)(C)C. The standard InChI is InChI=1S/C22H28FN3O4/c1-5-29-20(27)17-13-26(11-9-18(17)25-21(28)30-22(2,3)4)19-16-12-15(23)7-6-14(16)8-10-24-19/h6-8,10,12,17-18H,5,9,11,13H2,1-4H3,(H,25,28). The van der Waals surface area contributed by atoms with Crippen molar-refractivity contribution in [3.05, 3.63) is 36.3 Å². The first kappa shape index (κ1) is 21.8. The molecule has 0 radical (unpaired) electrons. The molecular weight excluding hydrogens is 389 g/mol. The summed E-state index contributed by atoms with van der Waals surface area (Å²) in [5, 5.41) is 4.36. The number of esters is 1. The molecule has 0 spiro atoms. The monoisotopic (exact) mass is 417 g/mol. The summed E-state index contributed by atoms with van der Waals surface area (Å²) in [5.74, 6) is -0.733. The second-order valence-electron chi connectivity index (χ2n) is 8.35. The van der Waals surface area contributed by atoms with Crippen molar-refractivity contribution < 1.29 is 23.5 Å². The Balaban J connectivity index is 1.84. The van der Waals surface area contributed by atoms with Crippen LogP contribution in [0.4, 0.5) is 15.0 Å². The topological polar surface area (TPSA) is 80.8 Å². The molecule has 3 rings (SSSR count). The summed E-state index contributed by atoms with van der Waals surface area (Å²) < 4.78 is 24.4. The number of hydrogen-bond donors (Lipinski definition) is 1. The number of piperidine rings is 1. The maximum absolute atomic E-state index is 13.8. The second-order valence-corrected chi connectivity index (χ2v) is 8.35. The number of benzene rings is 1. The lowest BCUT2D eigenvalue weighted by atomic mass is 9.91. The lowest BCUT2D eigenvalue weighted by Gasteiger charge is -2.38. The van der Waals surface area contributed by atoms with Gasteiger partial charge in [-0.15, -0.1) is 0 Å². The normalized spacial score (nSPS) is 19.4. The summed E-state index contributed by atoms with van der Waals surface area (Å²) >= 11 is 0. The Morgan fingerprint density at radius 2 is 2.07 bits per heavy atom. The Bertz CT molecular complexity index is 928. The third kappa shape index (κ3) is 5.17. The molecule has 1 saturated heterocycles. The van der Waals surface area contributed by atoms with E-state index in [2.05, 4.69) is 10.3 Å². The van der Waals surface area contributed by atoms with Gasteiger partial charge in [0.05, 0.1) is 12.5 Å². The second kappa shape index (κ2) is 8.85. The highest BCUT2D eigenvalue weighted by Gasteiger charge is 2.38. The van der Waals surface area contributed by atoms with E-state index in [-0.39, 0.29) is 12.4 Å². The number of ether oxygens (including phenoxy) is 2. The summed E-state index contributed by atoms with van der Waals surface area (Å²) in [7, 11) is 0. The van der Waals surface area contributed by atoms with Gasteiger partial charge in [-0.05, 0) is 57.7 Å². The molecule has 1 fully saturated rings. The summed E-state index contributed by atoms with van der Waals surface area (Å²) in [5.41, 5.74) is -0.638. The molecular formula is C22H28FN3O4. The molecule has 1 aliphatic rings. The molecule has 1 aliphatic heterocycles. The fourth-order valence-corrected chi connectivity index (χ4v) is 3.64. The van der Waals surface area contributed by atoms with Crippen LogP contribution >= 0.6 is 0 Å². The zero-order valence-corrected chi connectivity index (χ0v) is 17.8. The highest BCUT2D eigenvalue weighted by Crippen LogP contribution is 2.30. The molecule has 0 saturated carbocycles. The molecule has 2 heterocycles. The van der Waals surface area contributed by atoms with Crippen LogP contribution in [0, 0.1) is 11.7 Å². The van der Waals surface area contributed by atoms with E-state index in [1.807, 2.05) is 11.0 Å². The summed E-state index contributed by atoms with van der Waals surface area (Å²) in [6.07, 6.45) is 1.59. The van der Waals surface area contributed by atoms with E-state index in [1.165, 1.54) is 12.1 Å². The van der Waals surface area contributed by atoms with E-state index in [9.17, 15) is 14.0 Å². The molecule has 1 amide bonds. The molecule has 7 nitrogen and oxygen atoms in total. The lowest BCUT2D eigenvalue weighted by molar-refractivity contribution is -0.149. The quantitative estimate of drug-likeness (QED) is 0.765. The predicted molar refractivity (Wildman–Crippen MR) is 112 cm³/mol. The van der Waals surface area contributed by atoms with Crippen LogP contribution < -0.4 is 10.2 Å². The number of rotatable bonds is 4. The van der Waals surface area contributed by atoms with E-state index in [0.717, 1.165) is 5.39 Å². The number of carbonyl (C=O) groups is 2. The number of nitrogens with zero attached hydrogens (tertiary/aromatic N) is 2. The van der Waals surface area contributed by atoms with Crippen molar-refractivity contribution in [2.75, 3.05) is 24.6 Å². The Kier molecular flexibility index (Phi) is 6.43. The van der Waals surface area contributed by atoms with Crippen molar-refractivity contribution in [2.45, 2.75) is 45.8 Å². The fraction of sp³-hybridized carbons (Fsp3) is 0.500. The van der Waals surface area contributed by atoms with Crippen molar-refractivity contribution in [3.8, 4) is 0 Å². The van der Waals surface area contributed by atoms with E-state index in [4.69, 9.17) is 9.47 Å². The van der Waals surface area contributed by atoms with Gasteiger partial charge in [0, 0.05) is 30.7 Å². The van der Waals surface area contributed by atoms with Crippen molar-refractivity contribution in [2.24, 2.45) is 5.92 Å². The third-order valence-corrected chi connectivity index (χ3v) is 4.91. The number of fused-ring (bicyclic) bond motifs is 1. The third-order valence-electron chi connectivity index (χ3n) is 4.91. The van der Waals surface area contributed by atoms with Gasteiger partial charge < -0.3 is 19.7 Å². The Labute approximate surface area is 175 Å². The smallest absolute Gasteiger partial charge is 0.407 e. The average Bonchev–Trinajstić information content (AvgIpc) is 2.66. The van der Waals surface area contributed by atoms with Gasteiger partial charge in [-0.3, -0.25) is 4.79 Å². The molecule has 8 heteroatoms. The van der Waals surface area contributed by atoms with Gasteiger partial charge in [-0.2, -0.15) is 0 Å². The molecule has 2 atom stereocenters. The zero-order chi connectivity index (χ0) is 21.9. The van der Waals surface area contributed by atoms with Crippen LogP contribution in [-0.4, -0.2) is 48.4 Å². The van der Waals surface area contributed by atoms with Gasteiger partial charge >= 0.3 is 12.1 Å². The lowest BCUT2D eigenvalue weighted by Crippen LogP contribution is -2.55. The number of hydrogen-bond acceptors (Lipinski definition) is 6. The minimum Gasteiger partial charge on any atom is -0.466 e. The molecule has 0 bridgehead atoms. The Hall–Kier alpha value is -2.90. The number of alkyl carbamates (subject to hydrolysis) is 1. The summed E-state index contributed by atoms with van der Waals surface area (Å²) in [6, 6.07) is 5.95. The molecule has 0 aliphatic carbocycles. The highest BCUT2D eigenvalue weighted by molar-refractivity contribution is 5.92. The van der Waals surface area contributed by atoms with Crippen molar-refractivity contribution >= 4 is 28.7 Å². The first-order chi connectivity index (χ1) is 14.2. The molecule has 1 aromatic carbocycles. The minimum atomic E-state index is -0.638. The largest absolute Gasteiger partial charge is 0.466 e. The molecule has 162 valence electrons. The van der Waals surface area contributed by atoms with Crippen LogP contribution in [0.3, 0.4) is 0 Å². The Morgan fingerprint density at radius 1 is 1.30 bits per heavy atom. The van der Waals surface area contributed by atoms with Gasteiger partial charge in [0.2, 0.25) is 0 Å². The van der Waals surface area contributed by atoms with Crippen LogP contribution in [0.5, 0.6) is 0 Å². The first-order valence-corrected chi connectivity index (χ1v) is 10.1. The van der Waals surface area contributed by atoms with Crippen LogP contribution in [-0.2, 0) is 14.3 Å². The average molecular weight is 417 g/mol. The van der Waals surface area contributed by atoms with Gasteiger partial charge in [0.15, 0.2) is 0 Å². The fourth-order valence-electron chi connectivity index (χ4n) is 3.64. The maximum Gasteiger partial charge on any atom is 0.407 e. The summed E-state index contributed by atoms with van der Waals surface area (Å²) in [6.45, 7) is 8.16. The van der Waals surface area contributed by atoms with Crippen molar-refractivity contribution in [3.63, 3.8) is 0 Å². The van der Waals surface area contributed by atoms with Crippen molar-refractivity contribution in [1.29, 1.82) is 0 Å². The van der Waals surface area contributed by atoms with Gasteiger partial charge in [0.1, 0.15) is 17.2 Å². The molecule has 1 N–H and O–H groups in total. The van der Waals surface area contributed by atoms with Crippen LogP contribution in [0.2, 0.25) is 0 Å². The number of amides is 1. The molecule has 2 unspecified atom stereocenters. The van der Waals surface area contributed by atoms with E-state index < -0.39 is 29.6 Å². The van der Waals surface area contributed by atoms with E-state index in [0.29, 0.717) is 30.7 Å². The van der Waals surface area contributed by atoms with Gasteiger partial charge in [-0.1, -0.05) is 6.07 Å². The zero-order valence-electron chi connectivity index (χ0n) is 17.8. The van der Waals surface area contributed by atoms with Crippen LogP contribution in [0.1, 0.15) is 34.1 Å². The van der Waals surface area contributed by atoms with Crippen LogP contribution in [0.15, 0.2) is 30.5 Å². The molecule has 30 heavy (non-hydrogen) atoms. The number of carbonyl (C=O) groups excluding carboxylic acids is 2. The number of nitrogens with one attached hydrogen (secondary N) is 1. The van der Waals surface area contributed by atoms with Gasteiger partial charge in [0.25, 0.3) is 0 Å². The van der Waals surface area contributed by atoms with Crippen LogP contribution in [0.25, 0.3) is 10.8 Å². The highest BCUT2D eigenvalue weighted by atomic mass is 19.1. The summed E-state index contributed by atoms with van der Waals surface area (Å²) in [4.78, 5) is 31.3. The molecule has 2 aromatic rings. The number of pyridine rings is 1. The van der Waals surface area contributed by atoms with Crippen molar-refractivity contribution in [1.82, 2.24) is 10.3 Å². The Morgan fingerprint density at radius 3 is 2.77 bits per heavy atom. The predicted octanol–water partition coefficient (Wildman–Crippen LogP) is 3.66. The van der Waals surface area contributed by atoms with E-state index >= 15 is 0 Å². The first-order valence-electron chi connectivity index (χ1n) is 10.1. The number of halogens is 1. The minimum absolute atomic E-state index is 0.242. The number of aromatic nitrogens is 1. The number of anilines is 1.